The molecule has 0 unspecified atom stereocenters. The first-order valence-corrected chi connectivity index (χ1v) is 10.4. The first-order chi connectivity index (χ1) is 13.1. The lowest BCUT2D eigenvalue weighted by molar-refractivity contribution is -0.132. The molecule has 1 aromatic heterocycles. The van der Waals surface area contributed by atoms with Gasteiger partial charge >= 0.3 is 0 Å². The lowest BCUT2D eigenvalue weighted by atomic mass is 10.1. The van der Waals surface area contributed by atoms with Gasteiger partial charge in [-0.15, -0.1) is 11.3 Å². The monoisotopic (exact) mass is 385 g/mol. The third-order valence-electron chi connectivity index (χ3n) is 4.88. The van der Waals surface area contributed by atoms with Crippen molar-refractivity contribution in [2.24, 2.45) is 0 Å². The Kier molecular flexibility index (Phi) is 7.01. The van der Waals surface area contributed by atoms with Gasteiger partial charge in [-0.25, -0.2) is 0 Å². The molecule has 5 nitrogen and oxygen atoms in total. The summed E-state index contributed by atoms with van der Waals surface area (Å²) in [6.45, 7) is 5.75. The van der Waals surface area contributed by atoms with Crippen LogP contribution in [-0.4, -0.2) is 60.9 Å². The first-order valence-electron chi connectivity index (χ1n) is 9.51. The second-order valence-corrected chi connectivity index (χ2v) is 7.80. The van der Waals surface area contributed by atoms with Crippen molar-refractivity contribution in [3.63, 3.8) is 0 Å². The van der Waals surface area contributed by atoms with Crippen molar-refractivity contribution in [2.75, 3.05) is 39.3 Å². The molecule has 2 aromatic rings. The van der Waals surface area contributed by atoms with Crippen LogP contribution in [0, 0.1) is 6.92 Å². The quantitative estimate of drug-likeness (QED) is 0.797. The minimum Gasteiger partial charge on any atom is -0.339 e. The van der Waals surface area contributed by atoms with E-state index in [1.54, 1.807) is 4.90 Å². The third-order valence-corrected chi connectivity index (χ3v) is 5.88. The maximum absolute atomic E-state index is 13.0. The Morgan fingerprint density at radius 3 is 2.56 bits per heavy atom. The molecule has 2 amide bonds. The molecule has 0 saturated carbocycles. The molecule has 0 radical (unpaired) electrons. The van der Waals surface area contributed by atoms with Crippen LogP contribution in [0.25, 0.3) is 0 Å². The van der Waals surface area contributed by atoms with E-state index in [0.717, 1.165) is 36.4 Å². The summed E-state index contributed by atoms with van der Waals surface area (Å²) in [7, 11) is 0. The highest BCUT2D eigenvalue weighted by molar-refractivity contribution is 7.12. The Hall–Kier alpha value is -2.18. The molecule has 3 rings (SSSR count). The number of piperazine rings is 1. The molecule has 144 valence electrons. The Labute approximate surface area is 165 Å². The molecular weight excluding hydrogens is 358 g/mol. The number of amides is 2. The smallest absolute Gasteiger partial charge is 0.264 e. The van der Waals surface area contributed by atoms with E-state index in [9.17, 15) is 9.59 Å². The Bertz CT molecular complexity index is 754. The summed E-state index contributed by atoms with van der Waals surface area (Å²) in [4.78, 5) is 30.1. The fourth-order valence-corrected chi connectivity index (χ4v) is 4.18. The summed E-state index contributed by atoms with van der Waals surface area (Å²) in [5.74, 6) is 0.0119. The van der Waals surface area contributed by atoms with E-state index >= 15 is 0 Å². The van der Waals surface area contributed by atoms with Crippen molar-refractivity contribution in [1.82, 2.24) is 15.1 Å². The van der Waals surface area contributed by atoms with E-state index < -0.39 is 0 Å². The van der Waals surface area contributed by atoms with Crippen LogP contribution in [0.2, 0.25) is 0 Å². The van der Waals surface area contributed by atoms with Crippen LogP contribution in [0.1, 0.15) is 27.2 Å². The summed E-state index contributed by atoms with van der Waals surface area (Å²) >= 11 is 1.45. The zero-order valence-corrected chi connectivity index (χ0v) is 16.6. The summed E-state index contributed by atoms with van der Waals surface area (Å²) < 4.78 is 0. The second-order valence-electron chi connectivity index (χ2n) is 6.88. The maximum atomic E-state index is 13.0. The van der Waals surface area contributed by atoms with Crippen LogP contribution in [0.4, 0.5) is 0 Å². The largest absolute Gasteiger partial charge is 0.339 e. The third kappa shape index (κ3) is 5.40. The molecule has 0 aliphatic carbocycles. The highest BCUT2D eigenvalue weighted by Gasteiger charge is 2.24. The van der Waals surface area contributed by atoms with E-state index in [0.29, 0.717) is 19.6 Å². The van der Waals surface area contributed by atoms with Gasteiger partial charge in [0.2, 0.25) is 5.91 Å². The van der Waals surface area contributed by atoms with Crippen molar-refractivity contribution in [2.45, 2.75) is 19.8 Å². The van der Waals surface area contributed by atoms with Gasteiger partial charge < -0.3 is 15.1 Å². The Morgan fingerprint density at radius 1 is 1.15 bits per heavy atom. The molecule has 0 atom stereocenters. The lowest BCUT2D eigenvalue weighted by Crippen LogP contribution is -2.50. The van der Waals surface area contributed by atoms with Crippen LogP contribution < -0.4 is 5.32 Å². The van der Waals surface area contributed by atoms with E-state index in [-0.39, 0.29) is 18.4 Å². The highest BCUT2D eigenvalue weighted by Crippen LogP contribution is 2.18. The number of hydrogen-bond donors (Lipinski definition) is 1. The van der Waals surface area contributed by atoms with Crippen LogP contribution in [0.3, 0.4) is 0 Å². The molecule has 1 aliphatic heterocycles. The fraction of sp³-hybridized carbons (Fsp3) is 0.429. The zero-order valence-electron chi connectivity index (χ0n) is 15.8. The number of carbonyl (C=O) groups is 2. The molecule has 1 fully saturated rings. The summed E-state index contributed by atoms with van der Waals surface area (Å²) in [5.41, 5.74) is 2.23. The Morgan fingerprint density at radius 2 is 1.89 bits per heavy atom. The van der Waals surface area contributed by atoms with Gasteiger partial charge in [-0.2, -0.15) is 0 Å². The molecule has 2 heterocycles. The average Bonchev–Trinajstić information content (AvgIpc) is 3.14. The number of nitrogens with zero attached hydrogens (tertiary/aromatic N) is 2. The minimum atomic E-state index is -0.0287. The lowest BCUT2D eigenvalue weighted by Gasteiger charge is -2.30. The topological polar surface area (TPSA) is 52.7 Å². The average molecular weight is 386 g/mol. The number of hydrogen-bond acceptors (Lipinski definition) is 4. The highest BCUT2D eigenvalue weighted by atomic mass is 32.1. The summed E-state index contributed by atoms with van der Waals surface area (Å²) in [5, 5.41) is 5.19. The molecule has 0 bridgehead atoms. The number of rotatable bonds is 7. The van der Waals surface area contributed by atoms with Crippen molar-refractivity contribution in [3.05, 3.63) is 57.8 Å². The van der Waals surface area contributed by atoms with E-state index in [1.807, 2.05) is 41.5 Å². The van der Waals surface area contributed by atoms with Gasteiger partial charge in [-0.1, -0.05) is 30.3 Å². The maximum Gasteiger partial charge on any atom is 0.264 e. The molecule has 0 spiro atoms. The molecule has 1 aromatic carbocycles. The fourth-order valence-electron chi connectivity index (χ4n) is 3.28. The molecule has 1 saturated heterocycles. The SMILES string of the molecule is Cc1ccsc1C(=O)N(CCCc1ccccc1)CC(=O)N1CCNCC1. The molecule has 1 N–H and O–H groups in total. The second kappa shape index (κ2) is 9.67. The molecule has 1 aliphatic rings. The number of benzene rings is 1. The van der Waals surface area contributed by atoms with Gasteiger partial charge in [0.05, 0.1) is 4.88 Å². The summed E-state index contributed by atoms with van der Waals surface area (Å²) in [6.07, 6.45) is 1.74. The van der Waals surface area contributed by atoms with Crippen molar-refractivity contribution >= 4 is 23.2 Å². The number of aryl methyl sites for hydroxylation is 2. The predicted octanol–water partition coefficient (Wildman–Crippen LogP) is 2.56. The number of thiophene rings is 1. The number of nitrogens with one attached hydrogen (secondary N) is 1. The van der Waals surface area contributed by atoms with Crippen LogP contribution >= 0.6 is 11.3 Å². The molecule has 6 heteroatoms. The number of carbonyl (C=O) groups excluding carboxylic acids is 2. The van der Waals surface area contributed by atoms with Gasteiger partial charge in [-0.05, 0) is 42.3 Å². The van der Waals surface area contributed by atoms with Gasteiger partial charge in [0, 0.05) is 32.7 Å². The molecule has 27 heavy (non-hydrogen) atoms. The Balaban J connectivity index is 1.65. The van der Waals surface area contributed by atoms with Gasteiger partial charge in [0.1, 0.15) is 6.54 Å². The predicted molar refractivity (Wildman–Crippen MR) is 109 cm³/mol. The molecular formula is C21H27N3O2S. The van der Waals surface area contributed by atoms with Gasteiger partial charge in [0.15, 0.2) is 0 Å². The van der Waals surface area contributed by atoms with Crippen LogP contribution in [-0.2, 0) is 11.2 Å². The standard InChI is InChI=1S/C21H27N3O2S/c1-17-9-15-27-20(17)21(26)24(12-5-8-18-6-3-2-4-7-18)16-19(25)23-13-10-22-11-14-23/h2-4,6-7,9,15,22H,5,8,10-14,16H2,1H3. The minimum absolute atomic E-state index is 0.0287. The van der Waals surface area contributed by atoms with Crippen LogP contribution in [0.5, 0.6) is 0 Å². The van der Waals surface area contributed by atoms with Crippen molar-refractivity contribution in [1.29, 1.82) is 0 Å². The van der Waals surface area contributed by atoms with Crippen molar-refractivity contribution < 1.29 is 9.59 Å². The van der Waals surface area contributed by atoms with Gasteiger partial charge in [0.25, 0.3) is 5.91 Å². The van der Waals surface area contributed by atoms with E-state index in [1.165, 1.54) is 16.9 Å². The van der Waals surface area contributed by atoms with Crippen LogP contribution in [0.15, 0.2) is 41.8 Å². The van der Waals surface area contributed by atoms with E-state index in [4.69, 9.17) is 0 Å². The zero-order chi connectivity index (χ0) is 19.1. The van der Waals surface area contributed by atoms with Gasteiger partial charge in [-0.3, -0.25) is 9.59 Å². The summed E-state index contributed by atoms with van der Waals surface area (Å²) in [6, 6.07) is 12.2. The van der Waals surface area contributed by atoms with E-state index in [2.05, 4.69) is 17.4 Å². The first kappa shape index (κ1) is 19.6. The van der Waals surface area contributed by atoms with Crippen molar-refractivity contribution in [3.8, 4) is 0 Å². The normalized spacial score (nSPS) is 14.2.